The van der Waals surface area contributed by atoms with Crippen LogP contribution in [0.3, 0.4) is 0 Å². The van der Waals surface area contributed by atoms with Gasteiger partial charge in [0.05, 0.1) is 0 Å². The maximum atomic E-state index is 12.3. The first-order chi connectivity index (χ1) is 15.3. The van der Waals surface area contributed by atoms with Crippen molar-refractivity contribution in [3.8, 4) is 0 Å². The fourth-order valence-corrected chi connectivity index (χ4v) is 2.76. The summed E-state index contributed by atoms with van der Waals surface area (Å²) >= 11 is 0. The van der Waals surface area contributed by atoms with Crippen LogP contribution >= 0.6 is 7.60 Å². The second kappa shape index (κ2) is 12.9. The van der Waals surface area contributed by atoms with Crippen molar-refractivity contribution in [3.05, 3.63) is 35.9 Å². The molecule has 33 heavy (non-hydrogen) atoms. The Balaban J connectivity index is 2.51. The monoisotopic (exact) mass is 486 g/mol. The van der Waals surface area contributed by atoms with Gasteiger partial charge in [0.2, 0.25) is 17.7 Å². The second-order valence-electron chi connectivity index (χ2n) is 7.35. The average molecular weight is 486 g/mol. The highest BCUT2D eigenvalue weighted by molar-refractivity contribution is 7.52. The third-order valence-electron chi connectivity index (χ3n) is 4.56. The SMILES string of the molecule is CCN(CC(=O)N[C@@H](C)C(=O)N[C@@H](C)C(=O)N[C@@H](C)P(=O)(O)O)C(=O)OCc1ccccc1. The standard InChI is InChI=1S/C20H31N4O8P/c1-5-24(20(28)32-12-16-9-7-6-8-10-16)11-17(25)21-13(2)18(26)22-14(3)19(27)23-15(4)33(29,30)31/h6-10,13-15H,5,11-12H2,1-4H3,(H,21,25)(H,22,26)(H,23,27)(H2,29,30,31)/t13-,14-,15+/m0/s1. The molecule has 0 radical (unpaired) electrons. The molecule has 0 fully saturated rings. The molecule has 13 heteroatoms. The Morgan fingerprint density at radius 2 is 1.52 bits per heavy atom. The van der Waals surface area contributed by atoms with E-state index in [2.05, 4.69) is 16.0 Å². The van der Waals surface area contributed by atoms with Crippen LogP contribution in [0.4, 0.5) is 4.79 Å². The van der Waals surface area contributed by atoms with Crippen LogP contribution in [-0.2, 0) is 30.3 Å². The van der Waals surface area contributed by atoms with E-state index in [0.29, 0.717) is 0 Å². The lowest BCUT2D eigenvalue weighted by atomic mass is 10.2. The summed E-state index contributed by atoms with van der Waals surface area (Å²) in [5, 5.41) is 6.88. The van der Waals surface area contributed by atoms with E-state index in [-0.39, 0.29) is 19.7 Å². The fourth-order valence-electron chi connectivity index (χ4n) is 2.46. The minimum absolute atomic E-state index is 0.0528. The molecule has 3 atom stereocenters. The molecule has 0 aliphatic rings. The molecule has 0 aliphatic carbocycles. The number of nitrogens with one attached hydrogen (secondary N) is 3. The van der Waals surface area contributed by atoms with Crippen molar-refractivity contribution in [3.63, 3.8) is 0 Å². The van der Waals surface area contributed by atoms with E-state index in [9.17, 15) is 23.7 Å². The van der Waals surface area contributed by atoms with Gasteiger partial charge in [0, 0.05) is 6.54 Å². The number of carbonyl (C=O) groups excluding carboxylic acids is 4. The van der Waals surface area contributed by atoms with Crippen LogP contribution in [0, 0.1) is 0 Å². The maximum absolute atomic E-state index is 12.3. The van der Waals surface area contributed by atoms with Gasteiger partial charge in [0.25, 0.3) is 0 Å². The Labute approximate surface area is 192 Å². The first kappa shape index (κ1) is 28.1. The summed E-state index contributed by atoms with van der Waals surface area (Å²) in [6, 6.07) is 6.90. The van der Waals surface area contributed by atoms with Gasteiger partial charge in [-0.2, -0.15) is 0 Å². The molecule has 12 nitrogen and oxygen atoms in total. The zero-order valence-corrected chi connectivity index (χ0v) is 19.9. The number of likely N-dealkylation sites (N-methyl/N-ethyl adjacent to an activating group) is 1. The molecular formula is C20H31N4O8P. The molecule has 1 aromatic carbocycles. The van der Waals surface area contributed by atoms with E-state index < -0.39 is 49.3 Å². The van der Waals surface area contributed by atoms with Crippen molar-refractivity contribution in [1.29, 1.82) is 0 Å². The zero-order valence-electron chi connectivity index (χ0n) is 19.0. The molecule has 4 amide bonds. The maximum Gasteiger partial charge on any atom is 0.410 e. The molecule has 0 aliphatic heterocycles. The van der Waals surface area contributed by atoms with Gasteiger partial charge in [-0.15, -0.1) is 0 Å². The molecule has 0 aromatic heterocycles. The van der Waals surface area contributed by atoms with E-state index in [4.69, 9.17) is 14.5 Å². The molecule has 0 bridgehead atoms. The van der Waals surface area contributed by atoms with Crippen LogP contribution in [-0.4, -0.2) is 69.5 Å². The van der Waals surface area contributed by atoms with Gasteiger partial charge in [-0.05, 0) is 33.3 Å². The number of benzene rings is 1. The number of amides is 4. The first-order valence-electron chi connectivity index (χ1n) is 10.3. The fraction of sp³-hybridized carbons (Fsp3) is 0.500. The van der Waals surface area contributed by atoms with Crippen molar-refractivity contribution >= 4 is 31.4 Å². The van der Waals surface area contributed by atoms with E-state index in [1.54, 1.807) is 19.1 Å². The molecule has 0 heterocycles. The van der Waals surface area contributed by atoms with Gasteiger partial charge in [0.1, 0.15) is 31.0 Å². The van der Waals surface area contributed by atoms with Crippen LogP contribution in [0.2, 0.25) is 0 Å². The van der Waals surface area contributed by atoms with Crippen LogP contribution in [0.15, 0.2) is 30.3 Å². The first-order valence-corrected chi connectivity index (χ1v) is 11.9. The van der Waals surface area contributed by atoms with Crippen molar-refractivity contribution in [2.75, 3.05) is 13.1 Å². The van der Waals surface area contributed by atoms with Crippen molar-refractivity contribution < 1.29 is 38.3 Å². The highest BCUT2D eigenvalue weighted by Crippen LogP contribution is 2.39. The van der Waals surface area contributed by atoms with Crippen molar-refractivity contribution in [1.82, 2.24) is 20.9 Å². The lowest BCUT2D eigenvalue weighted by Crippen LogP contribution is -2.53. The highest BCUT2D eigenvalue weighted by Gasteiger charge is 2.28. The molecule has 1 rings (SSSR count). The third-order valence-corrected chi connectivity index (χ3v) is 5.70. The number of nitrogens with zero attached hydrogens (tertiary/aromatic N) is 1. The Hall–Kier alpha value is -2.95. The molecule has 0 spiro atoms. The molecule has 1 aromatic rings. The summed E-state index contributed by atoms with van der Waals surface area (Å²) in [5.41, 5.74) is 0.796. The highest BCUT2D eigenvalue weighted by atomic mass is 31.2. The molecule has 0 unspecified atom stereocenters. The lowest BCUT2D eigenvalue weighted by molar-refractivity contribution is -0.131. The van der Waals surface area contributed by atoms with Crippen LogP contribution in [0.1, 0.15) is 33.3 Å². The van der Waals surface area contributed by atoms with E-state index in [1.165, 1.54) is 18.7 Å². The van der Waals surface area contributed by atoms with Gasteiger partial charge in [-0.25, -0.2) is 4.79 Å². The molecule has 184 valence electrons. The Kier molecular flexibility index (Phi) is 11.0. The zero-order chi connectivity index (χ0) is 25.2. The van der Waals surface area contributed by atoms with Crippen LogP contribution < -0.4 is 16.0 Å². The third kappa shape index (κ3) is 10.0. The summed E-state index contributed by atoms with van der Waals surface area (Å²) < 4.78 is 16.3. The minimum Gasteiger partial charge on any atom is -0.445 e. The molecule has 0 saturated heterocycles. The molecule has 5 N–H and O–H groups in total. The summed E-state index contributed by atoms with van der Waals surface area (Å²) in [5.74, 6) is -3.51. The Bertz CT molecular complexity index is 876. The summed E-state index contributed by atoms with van der Waals surface area (Å²) in [4.78, 5) is 68.0. The Morgan fingerprint density at radius 1 is 0.970 bits per heavy atom. The van der Waals surface area contributed by atoms with E-state index in [0.717, 1.165) is 12.5 Å². The summed E-state index contributed by atoms with van der Waals surface area (Å²) in [7, 11) is -4.51. The van der Waals surface area contributed by atoms with Gasteiger partial charge in [-0.1, -0.05) is 30.3 Å². The van der Waals surface area contributed by atoms with Crippen LogP contribution in [0.5, 0.6) is 0 Å². The largest absolute Gasteiger partial charge is 0.445 e. The predicted octanol–water partition coefficient (Wildman–Crippen LogP) is 0.294. The number of hydrogen-bond acceptors (Lipinski definition) is 6. The number of ether oxygens (including phenoxy) is 1. The number of rotatable bonds is 11. The smallest absolute Gasteiger partial charge is 0.410 e. The van der Waals surface area contributed by atoms with Crippen molar-refractivity contribution in [2.24, 2.45) is 0 Å². The summed E-state index contributed by atoms with van der Waals surface area (Å²) in [6.07, 6.45) is -0.682. The van der Waals surface area contributed by atoms with E-state index in [1.807, 2.05) is 18.2 Å². The summed E-state index contributed by atoms with van der Waals surface area (Å²) in [6.45, 7) is 5.45. The number of hydrogen-bond donors (Lipinski definition) is 5. The van der Waals surface area contributed by atoms with Crippen molar-refractivity contribution in [2.45, 2.75) is 52.2 Å². The topological polar surface area (TPSA) is 174 Å². The molecule has 0 saturated carbocycles. The van der Waals surface area contributed by atoms with Gasteiger partial charge >= 0.3 is 13.7 Å². The normalized spacial score (nSPS) is 13.8. The van der Waals surface area contributed by atoms with E-state index >= 15 is 0 Å². The lowest BCUT2D eigenvalue weighted by Gasteiger charge is -2.23. The minimum atomic E-state index is -4.51. The van der Waals surface area contributed by atoms with Crippen LogP contribution in [0.25, 0.3) is 0 Å². The molecular weight excluding hydrogens is 455 g/mol. The van der Waals surface area contributed by atoms with Gasteiger partial charge in [0.15, 0.2) is 0 Å². The average Bonchev–Trinajstić information content (AvgIpc) is 2.75. The quantitative estimate of drug-likeness (QED) is 0.278. The Morgan fingerprint density at radius 3 is 2.06 bits per heavy atom. The number of carbonyl (C=O) groups is 4. The predicted molar refractivity (Wildman–Crippen MR) is 119 cm³/mol. The van der Waals surface area contributed by atoms with Gasteiger partial charge in [-0.3, -0.25) is 23.8 Å². The second-order valence-corrected chi connectivity index (χ2v) is 9.30. The van der Waals surface area contributed by atoms with Gasteiger partial charge < -0.3 is 30.5 Å².